The lowest BCUT2D eigenvalue weighted by molar-refractivity contribution is 0.394. The summed E-state index contributed by atoms with van der Waals surface area (Å²) in [7, 11) is 1.55. The Morgan fingerprint density at radius 1 is 1.29 bits per heavy atom. The summed E-state index contributed by atoms with van der Waals surface area (Å²) >= 11 is 9.09. The highest BCUT2D eigenvalue weighted by Gasteiger charge is 2.04. The molecule has 0 aliphatic rings. The van der Waals surface area contributed by atoms with Crippen molar-refractivity contribution >= 4 is 39.2 Å². The van der Waals surface area contributed by atoms with Crippen LogP contribution in [0.15, 0.2) is 34.9 Å². The molecule has 0 aliphatic carbocycles. The van der Waals surface area contributed by atoms with E-state index in [1.54, 1.807) is 25.4 Å². The molecule has 2 rings (SSSR count). The Labute approximate surface area is 112 Å². The van der Waals surface area contributed by atoms with E-state index in [2.05, 4.69) is 31.2 Å². The molecule has 0 spiro atoms. The summed E-state index contributed by atoms with van der Waals surface area (Å²) < 4.78 is 5.79. The molecule has 1 aromatic heterocycles. The molecule has 1 aromatic carbocycles. The van der Waals surface area contributed by atoms with E-state index < -0.39 is 0 Å². The first-order chi connectivity index (χ1) is 8.19. The third-order valence-corrected chi connectivity index (χ3v) is 2.80. The van der Waals surface area contributed by atoms with Gasteiger partial charge >= 0.3 is 0 Å². The van der Waals surface area contributed by atoms with Gasteiger partial charge < -0.3 is 10.1 Å². The van der Waals surface area contributed by atoms with Crippen LogP contribution in [0.3, 0.4) is 0 Å². The van der Waals surface area contributed by atoms with Gasteiger partial charge in [0.2, 0.25) is 11.8 Å². The second-order valence-corrected chi connectivity index (χ2v) is 4.47. The number of methoxy groups -OCH3 is 1. The maximum Gasteiger partial charge on any atom is 0.232 e. The number of hydrogen-bond acceptors (Lipinski definition) is 4. The van der Waals surface area contributed by atoms with Crippen LogP contribution in [0.2, 0.25) is 5.02 Å². The zero-order chi connectivity index (χ0) is 12.3. The monoisotopic (exact) mass is 313 g/mol. The van der Waals surface area contributed by atoms with Crippen LogP contribution in [0, 0.1) is 0 Å². The van der Waals surface area contributed by atoms with Gasteiger partial charge in [-0.15, -0.1) is 0 Å². The predicted molar refractivity (Wildman–Crippen MR) is 71.0 cm³/mol. The Morgan fingerprint density at radius 3 is 2.65 bits per heavy atom. The number of benzene rings is 1. The van der Waals surface area contributed by atoms with Gasteiger partial charge in [0, 0.05) is 10.7 Å². The van der Waals surface area contributed by atoms with Crippen molar-refractivity contribution in [1.82, 2.24) is 9.97 Å². The lowest BCUT2D eigenvalue weighted by atomic mass is 10.3. The van der Waals surface area contributed by atoms with Crippen LogP contribution < -0.4 is 10.1 Å². The molecule has 17 heavy (non-hydrogen) atoms. The van der Waals surface area contributed by atoms with Crippen LogP contribution in [0.5, 0.6) is 5.88 Å². The van der Waals surface area contributed by atoms with E-state index >= 15 is 0 Å². The summed E-state index contributed by atoms with van der Waals surface area (Å²) in [6.07, 6.45) is 1.63. The van der Waals surface area contributed by atoms with Crippen LogP contribution in [0.1, 0.15) is 0 Å². The van der Waals surface area contributed by atoms with Crippen molar-refractivity contribution in [2.75, 3.05) is 12.4 Å². The van der Waals surface area contributed by atoms with Gasteiger partial charge in [0.05, 0.1) is 17.8 Å². The predicted octanol–water partition coefficient (Wildman–Crippen LogP) is 3.64. The number of aromatic nitrogens is 2. The van der Waals surface area contributed by atoms with E-state index in [9.17, 15) is 0 Å². The zero-order valence-electron chi connectivity index (χ0n) is 8.95. The molecule has 1 N–H and O–H groups in total. The zero-order valence-corrected chi connectivity index (χ0v) is 11.3. The Bertz CT molecular complexity index is 519. The van der Waals surface area contributed by atoms with Gasteiger partial charge in [-0.05, 0) is 40.2 Å². The van der Waals surface area contributed by atoms with E-state index in [1.165, 1.54) is 0 Å². The number of anilines is 2. The topological polar surface area (TPSA) is 47.0 Å². The molecule has 0 amide bonds. The molecule has 1 heterocycles. The Kier molecular flexibility index (Phi) is 3.81. The van der Waals surface area contributed by atoms with Crippen molar-refractivity contribution in [2.24, 2.45) is 0 Å². The molecular weight excluding hydrogens is 305 g/mol. The number of rotatable bonds is 3. The highest BCUT2D eigenvalue weighted by Crippen LogP contribution is 2.23. The molecule has 0 fully saturated rings. The average Bonchev–Trinajstić information content (AvgIpc) is 2.34. The minimum absolute atomic E-state index is 0.465. The van der Waals surface area contributed by atoms with Crippen molar-refractivity contribution in [3.63, 3.8) is 0 Å². The largest absolute Gasteiger partial charge is 0.480 e. The summed E-state index contributed by atoms with van der Waals surface area (Å²) in [5, 5.41) is 3.74. The molecule has 0 aliphatic heterocycles. The van der Waals surface area contributed by atoms with Crippen LogP contribution in [0.4, 0.5) is 11.6 Å². The number of halogens is 2. The molecule has 0 bridgehead atoms. The van der Waals surface area contributed by atoms with Crippen LogP contribution >= 0.6 is 27.5 Å². The standard InChI is InChI=1S/C11H9BrClN3O/c1-17-10-9(12)6-14-11(16-10)15-8-4-2-7(13)3-5-8/h2-6H,1H3,(H,14,15,16). The highest BCUT2D eigenvalue weighted by molar-refractivity contribution is 9.10. The lowest BCUT2D eigenvalue weighted by Gasteiger charge is -2.07. The van der Waals surface area contributed by atoms with Crippen molar-refractivity contribution in [2.45, 2.75) is 0 Å². The molecule has 0 unspecified atom stereocenters. The Hall–Kier alpha value is -1.33. The minimum Gasteiger partial charge on any atom is -0.480 e. The van der Waals surface area contributed by atoms with Gasteiger partial charge in [0.1, 0.15) is 0 Å². The van der Waals surface area contributed by atoms with Crippen LogP contribution in [-0.4, -0.2) is 17.1 Å². The third kappa shape index (κ3) is 3.08. The SMILES string of the molecule is COc1nc(Nc2ccc(Cl)cc2)ncc1Br. The number of nitrogens with one attached hydrogen (secondary N) is 1. The molecule has 0 radical (unpaired) electrons. The summed E-state index contributed by atoms with van der Waals surface area (Å²) in [4.78, 5) is 8.31. The summed E-state index contributed by atoms with van der Waals surface area (Å²) in [5.74, 6) is 0.948. The molecule has 0 atom stereocenters. The first kappa shape index (κ1) is 12.1. The average molecular weight is 315 g/mol. The van der Waals surface area contributed by atoms with Gasteiger partial charge in [-0.3, -0.25) is 0 Å². The van der Waals surface area contributed by atoms with E-state index in [-0.39, 0.29) is 0 Å². The quantitative estimate of drug-likeness (QED) is 0.939. The Balaban J connectivity index is 2.21. The Morgan fingerprint density at radius 2 is 2.00 bits per heavy atom. The summed E-state index contributed by atoms with van der Waals surface area (Å²) in [5.41, 5.74) is 0.860. The molecule has 2 aromatic rings. The van der Waals surface area contributed by atoms with E-state index in [4.69, 9.17) is 16.3 Å². The van der Waals surface area contributed by atoms with Crippen LogP contribution in [-0.2, 0) is 0 Å². The van der Waals surface area contributed by atoms with E-state index in [1.807, 2.05) is 12.1 Å². The minimum atomic E-state index is 0.465. The fourth-order valence-electron chi connectivity index (χ4n) is 1.22. The maximum atomic E-state index is 5.80. The molecule has 0 saturated carbocycles. The second kappa shape index (κ2) is 5.33. The first-order valence-electron chi connectivity index (χ1n) is 4.78. The highest BCUT2D eigenvalue weighted by atomic mass is 79.9. The lowest BCUT2D eigenvalue weighted by Crippen LogP contribution is -1.99. The molecular formula is C11H9BrClN3O. The number of ether oxygens (including phenoxy) is 1. The summed E-state index contributed by atoms with van der Waals surface area (Å²) in [6, 6.07) is 7.28. The fourth-order valence-corrected chi connectivity index (χ4v) is 1.70. The second-order valence-electron chi connectivity index (χ2n) is 3.18. The molecule has 88 valence electrons. The smallest absolute Gasteiger partial charge is 0.232 e. The van der Waals surface area contributed by atoms with Gasteiger partial charge in [-0.1, -0.05) is 11.6 Å². The molecule has 4 nitrogen and oxygen atoms in total. The normalized spacial score (nSPS) is 10.1. The van der Waals surface area contributed by atoms with Gasteiger partial charge in [-0.2, -0.15) is 4.98 Å². The summed E-state index contributed by atoms with van der Waals surface area (Å²) in [6.45, 7) is 0. The van der Waals surface area contributed by atoms with Crippen molar-refractivity contribution in [3.8, 4) is 5.88 Å². The van der Waals surface area contributed by atoms with Crippen molar-refractivity contribution < 1.29 is 4.74 Å². The number of hydrogen-bond donors (Lipinski definition) is 1. The fraction of sp³-hybridized carbons (Fsp3) is 0.0909. The van der Waals surface area contributed by atoms with Gasteiger partial charge in [0.25, 0.3) is 0 Å². The van der Waals surface area contributed by atoms with Gasteiger partial charge in [0.15, 0.2) is 0 Å². The van der Waals surface area contributed by atoms with Crippen molar-refractivity contribution in [1.29, 1.82) is 0 Å². The van der Waals surface area contributed by atoms with Crippen LogP contribution in [0.25, 0.3) is 0 Å². The molecule has 0 saturated heterocycles. The van der Waals surface area contributed by atoms with Gasteiger partial charge in [-0.25, -0.2) is 4.98 Å². The molecule has 6 heteroatoms. The van der Waals surface area contributed by atoms with E-state index in [0.29, 0.717) is 21.3 Å². The maximum absolute atomic E-state index is 5.80. The van der Waals surface area contributed by atoms with E-state index in [0.717, 1.165) is 5.69 Å². The van der Waals surface area contributed by atoms with Crippen molar-refractivity contribution in [3.05, 3.63) is 40.0 Å². The third-order valence-electron chi connectivity index (χ3n) is 2.01. The number of nitrogens with zero attached hydrogens (tertiary/aromatic N) is 2. The first-order valence-corrected chi connectivity index (χ1v) is 5.95.